The zero-order valence-corrected chi connectivity index (χ0v) is 12.3. The molecule has 0 saturated carbocycles. The fourth-order valence-electron chi connectivity index (χ4n) is 1.79. The Morgan fingerprint density at radius 2 is 1.77 bits per heavy atom. The Labute approximate surface area is 130 Å². The van der Waals surface area contributed by atoms with Gasteiger partial charge in [0.05, 0.1) is 5.56 Å². The van der Waals surface area contributed by atoms with Gasteiger partial charge in [-0.3, -0.25) is 0 Å². The molecule has 0 spiro atoms. The molecule has 2 rings (SSSR count). The van der Waals surface area contributed by atoms with Crippen LogP contribution in [0.3, 0.4) is 0 Å². The minimum atomic E-state index is -4.42. The first-order valence-electron chi connectivity index (χ1n) is 6.27. The summed E-state index contributed by atoms with van der Waals surface area (Å²) in [6.45, 7) is 1.76. The van der Waals surface area contributed by atoms with Crippen LogP contribution in [0.15, 0.2) is 42.5 Å². The number of hydrogen-bond donors (Lipinski definition) is 2. The van der Waals surface area contributed by atoms with Crippen molar-refractivity contribution in [3.63, 3.8) is 0 Å². The first-order valence-corrected chi connectivity index (χ1v) is 6.68. The van der Waals surface area contributed by atoms with Gasteiger partial charge in [0.25, 0.3) is 0 Å². The van der Waals surface area contributed by atoms with Crippen LogP contribution in [0, 0.1) is 12.7 Å². The molecule has 0 atom stereocenters. The summed E-state index contributed by atoms with van der Waals surface area (Å²) in [6.07, 6.45) is -4.42. The van der Waals surface area contributed by atoms with Gasteiger partial charge in [-0.15, -0.1) is 0 Å². The molecular formula is C15H12F4N2S. The summed E-state index contributed by atoms with van der Waals surface area (Å²) < 4.78 is 51.1. The van der Waals surface area contributed by atoms with E-state index in [9.17, 15) is 17.6 Å². The third-order valence-corrected chi connectivity index (χ3v) is 3.10. The van der Waals surface area contributed by atoms with Gasteiger partial charge in [0.2, 0.25) is 0 Å². The summed E-state index contributed by atoms with van der Waals surface area (Å²) in [5.74, 6) is -0.435. The van der Waals surface area contributed by atoms with Crippen LogP contribution in [-0.4, -0.2) is 5.11 Å². The Balaban J connectivity index is 2.11. The smallest absolute Gasteiger partial charge is 0.332 e. The topological polar surface area (TPSA) is 24.1 Å². The zero-order valence-electron chi connectivity index (χ0n) is 11.5. The van der Waals surface area contributed by atoms with Gasteiger partial charge in [0.1, 0.15) is 5.82 Å². The highest BCUT2D eigenvalue weighted by Crippen LogP contribution is 2.30. The van der Waals surface area contributed by atoms with Gasteiger partial charge in [-0.1, -0.05) is 12.1 Å². The number of aryl methyl sites for hydroxylation is 1. The lowest BCUT2D eigenvalue weighted by atomic mass is 10.2. The molecule has 2 N–H and O–H groups in total. The molecule has 2 aromatic carbocycles. The second-order valence-electron chi connectivity index (χ2n) is 4.62. The number of nitrogens with one attached hydrogen (secondary N) is 2. The van der Waals surface area contributed by atoms with Crippen LogP contribution in [0.25, 0.3) is 0 Å². The van der Waals surface area contributed by atoms with Crippen molar-refractivity contribution in [3.05, 3.63) is 59.4 Å². The molecule has 0 amide bonds. The molecule has 7 heteroatoms. The van der Waals surface area contributed by atoms with Crippen LogP contribution >= 0.6 is 12.2 Å². The van der Waals surface area contributed by atoms with Crippen molar-refractivity contribution in [2.24, 2.45) is 0 Å². The van der Waals surface area contributed by atoms with Crippen molar-refractivity contribution in [1.29, 1.82) is 0 Å². The van der Waals surface area contributed by atoms with Gasteiger partial charge in [-0.2, -0.15) is 13.2 Å². The van der Waals surface area contributed by atoms with E-state index in [0.717, 1.165) is 17.7 Å². The Kier molecular flexibility index (Phi) is 4.65. The normalized spacial score (nSPS) is 11.1. The van der Waals surface area contributed by atoms with Gasteiger partial charge in [0, 0.05) is 11.4 Å². The Morgan fingerprint density at radius 3 is 2.45 bits per heavy atom. The highest BCUT2D eigenvalue weighted by Gasteiger charge is 2.30. The van der Waals surface area contributed by atoms with Gasteiger partial charge in [0.15, 0.2) is 5.11 Å². The second-order valence-corrected chi connectivity index (χ2v) is 5.03. The first-order chi connectivity index (χ1) is 10.3. The lowest BCUT2D eigenvalue weighted by Gasteiger charge is -2.14. The van der Waals surface area contributed by atoms with Crippen LogP contribution in [0.4, 0.5) is 28.9 Å². The number of anilines is 2. The van der Waals surface area contributed by atoms with Crippen LogP contribution in [0.1, 0.15) is 11.1 Å². The molecule has 0 fully saturated rings. The molecule has 0 aromatic heterocycles. The number of benzene rings is 2. The van der Waals surface area contributed by atoms with Crippen LogP contribution in [0.2, 0.25) is 0 Å². The van der Waals surface area contributed by atoms with E-state index in [-0.39, 0.29) is 10.8 Å². The van der Waals surface area contributed by atoms with E-state index in [1.807, 2.05) is 0 Å². The molecular weight excluding hydrogens is 316 g/mol. The first kappa shape index (κ1) is 16.2. The molecule has 2 nitrogen and oxygen atoms in total. The molecule has 22 heavy (non-hydrogen) atoms. The largest absolute Gasteiger partial charge is 0.416 e. The monoisotopic (exact) mass is 328 g/mol. The lowest BCUT2D eigenvalue weighted by molar-refractivity contribution is -0.137. The summed E-state index contributed by atoms with van der Waals surface area (Å²) in [6, 6.07) is 8.80. The van der Waals surface area contributed by atoms with E-state index in [1.165, 1.54) is 24.3 Å². The van der Waals surface area contributed by atoms with E-state index in [1.54, 1.807) is 13.0 Å². The van der Waals surface area contributed by atoms with Gasteiger partial charge >= 0.3 is 6.18 Å². The van der Waals surface area contributed by atoms with Crippen LogP contribution in [-0.2, 0) is 6.18 Å². The number of alkyl halides is 3. The van der Waals surface area contributed by atoms with E-state index < -0.39 is 17.6 Å². The van der Waals surface area contributed by atoms with Crippen molar-refractivity contribution in [2.75, 3.05) is 10.6 Å². The fourth-order valence-corrected chi connectivity index (χ4v) is 2.01. The quantitative estimate of drug-likeness (QED) is 0.602. The predicted molar refractivity (Wildman–Crippen MR) is 82.4 cm³/mol. The highest BCUT2D eigenvalue weighted by molar-refractivity contribution is 7.80. The van der Waals surface area contributed by atoms with Crippen molar-refractivity contribution in [1.82, 2.24) is 0 Å². The Bertz CT molecular complexity index is 698. The van der Waals surface area contributed by atoms with Crippen LogP contribution < -0.4 is 10.6 Å². The molecule has 0 saturated heterocycles. The highest BCUT2D eigenvalue weighted by atomic mass is 32.1. The minimum Gasteiger partial charge on any atom is -0.332 e. The SMILES string of the molecule is Cc1ccc(F)cc1NC(=S)Nc1cccc(C(F)(F)F)c1. The van der Waals surface area contributed by atoms with Crippen molar-refractivity contribution >= 4 is 28.7 Å². The Hall–Kier alpha value is -2.15. The molecule has 116 valence electrons. The van der Waals surface area contributed by atoms with Crippen molar-refractivity contribution in [2.45, 2.75) is 13.1 Å². The fraction of sp³-hybridized carbons (Fsp3) is 0.133. The summed E-state index contributed by atoms with van der Waals surface area (Å²) >= 11 is 5.03. The molecule has 2 aromatic rings. The van der Waals surface area contributed by atoms with E-state index in [4.69, 9.17) is 12.2 Å². The minimum absolute atomic E-state index is 0.0769. The van der Waals surface area contributed by atoms with E-state index >= 15 is 0 Å². The lowest BCUT2D eigenvalue weighted by Crippen LogP contribution is -2.20. The average molecular weight is 328 g/mol. The average Bonchev–Trinajstić information content (AvgIpc) is 2.42. The number of hydrogen-bond acceptors (Lipinski definition) is 1. The summed E-state index contributed by atoms with van der Waals surface area (Å²) in [7, 11) is 0. The maximum absolute atomic E-state index is 13.2. The summed E-state index contributed by atoms with van der Waals surface area (Å²) in [5, 5.41) is 5.48. The number of rotatable bonds is 2. The second kappa shape index (κ2) is 6.31. The predicted octanol–water partition coefficient (Wildman–Crippen LogP) is 4.96. The molecule has 0 aliphatic rings. The third-order valence-electron chi connectivity index (χ3n) is 2.90. The zero-order chi connectivity index (χ0) is 16.3. The Morgan fingerprint density at radius 1 is 1.05 bits per heavy atom. The van der Waals surface area contributed by atoms with Gasteiger partial charge < -0.3 is 10.6 Å². The summed E-state index contributed by atoms with van der Waals surface area (Å²) in [4.78, 5) is 0. The molecule has 0 unspecified atom stereocenters. The van der Waals surface area contributed by atoms with Crippen molar-refractivity contribution in [3.8, 4) is 0 Å². The molecule has 0 aliphatic carbocycles. The maximum Gasteiger partial charge on any atom is 0.416 e. The van der Waals surface area contributed by atoms with E-state index in [2.05, 4.69) is 10.6 Å². The molecule has 0 bridgehead atoms. The maximum atomic E-state index is 13.2. The third kappa shape index (κ3) is 4.17. The van der Waals surface area contributed by atoms with E-state index in [0.29, 0.717) is 5.69 Å². The van der Waals surface area contributed by atoms with Crippen LogP contribution in [0.5, 0.6) is 0 Å². The molecule has 0 aliphatic heterocycles. The number of thiocarbonyl (C=S) groups is 1. The molecule has 0 heterocycles. The standard InChI is InChI=1S/C15H12F4N2S/c1-9-5-6-11(16)8-13(9)21-14(22)20-12-4-2-3-10(7-12)15(17,18)19/h2-8H,1H3,(H2,20,21,22). The molecule has 0 radical (unpaired) electrons. The summed E-state index contributed by atoms with van der Waals surface area (Å²) in [5.41, 5.74) is 0.627. The van der Waals surface area contributed by atoms with Gasteiger partial charge in [-0.25, -0.2) is 4.39 Å². The van der Waals surface area contributed by atoms with Crippen molar-refractivity contribution < 1.29 is 17.6 Å². The van der Waals surface area contributed by atoms with Gasteiger partial charge in [-0.05, 0) is 55.0 Å². The number of halogens is 4.